The summed E-state index contributed by atoms with van der Waals surface area (Å²) < 4.78 is 5.54. The summed E-state index contributed by atoms with van der Waals surface area (Å²) in [5, 5.41) is 10.1. The molecule has 2 aliphatic heterocycles. The van der Waals surface area contributed by atoms with Crippen molar-refractivity contribution in [1.29, 1.82) is 0 Å². The van der Waals surface area contributed by atoms with Crippen molar-refractivity contribution >= 4 is 0 Å². The van der Waals surface area contributed by atoms with Crippen LogP contribution in [0.2, 0.25) is 0 Å². The first-order chi connectivity index (χ1) is 8.36. The van der Waals surface area contributed by atoms with Crippen LogP contribution < -0.4 is 0 Å². The van der Waals surface area contributed by atoms with Gasteiger partial charge in [0.1, 0.15) is 0 Å². The van der Waals surface area contributed by atoms with Crippen LogP contribution >= 0.6 is 0 Å². The lowest BCUT2D eigenvalue weighted by Gasteiger charge is -2.43. The lowest BCUT2D eigenvalue weighted by atomic mass is 9.86. The Morgan fingerprint density at radius 2 is 1.94 bits per heavy atom. The van der Waals surface area contributed by atoms with Crippen LogP contribution in [-0.4, -0.2) is 48.0 Å². The smallest absolute Gasteiger partial charge is 0.0622 e. The van der Waals surface area contributed by atoms with Crippen LogP contribution in [0.3, 0.4) is 0 Å². The molecule has 98 valence electrons. The highest BCUT2D eigenvalue weighted by Crippen LogP contribution is 2.36. The van der Waals surface area contributed by atoms with E-state index in [1.807, 2.05) is 0 Å². The molecule has 3 fully saturated rings. The third-order valence-electron chi connectivity index (χ3n) is 4.99. The first-order valence-corrected chi connectivity index (χ1v) is 7.38. The monoisotopic (exact) mass is 239 g/mol. The molecule has 2 saturated heterocycles. The average molecular weight is 239 g/mol. The molecule has 4 atom stereocenters. The van der Waals surface area contributed by atoms with Gasteiger partial charge in [-0.1, -0.05) is 12.8 Å². The van der Waals surface area contributed by atoms with Crippen LogP contribution in [0.4, 0.5) is 0 Å². The van der Waals surface area contributed by atoms with Crippen molar-refractivity contribution in [2.75, 3.05) is 19.8 Å². The molecule has 3 nitrogen and oxygen atoms in total. The van der Waals surface area contributed by atoms with E-state index in [1.54, 1.807) is 0 Å². The second-order valence-corrected chi connectivity index (χ2v) is 5.98. The lowest BCUT2D eigenvalue weighted by Crippen LogP contribution is -2.51. The van der Waals surface area contributed by atoms with E-state index in [4.69, 9.17) is 4.74 Å². The Kier molecular flexibility index (Phi) is 3.69. The van der Waals surface area contributed by atoms with Crippen molar-refractivity contribution in [3.63, 3.8) is 0 Å². The number of aliphatic hydroxyl groups is 1. The molecule has 1 N–H and O–H groups in total. The SMILES string of the molecule is OC1CCCC1C1CCCCN1C1CCOC1. The maximum atomic E-state index is 10.1. The molecule has 0 bridgehead atoms. The molecule has 0 amide bonds. The van der Waals surface area contributed by atoms with Crippen LogP contribution in [0, 0.1) is 5.92 Å². The fourth-order valence-electron chi connectivity index (χ4n) is 4.09. The normalized spacial score (nSPS) is 44.3. The second-order valence-electron chi connectivity index (χ2n) is 5.98. The molecule has 1 saturated carbocycles. The van der Waals surface area contributed by atoms with Gasteiger partial charge >= 0.3 is 0 Å². The summed E-state index contributed by atoms with van der Waals surface area (Å²) in [5.41, 5.74) is 0. The van der Waals surface area contributed by atoms with E-state index in [9.17, 15) is 5.11 Å². The molecule has 3 rings (SSSR count). The van der Waals surface area contributed by atoms with E-state index in [1.165, 1.54) is 45.1 Å². The number of hydrogen-bond acceptors (Lipinski definition) is 3. The molecule has 1 aliphatic carbocycles. The average Bonchev–Trinajstić information content (AvgIpc) is 3.00. The number of nitrogens with zero attached hydrogens (tertiary/aromatic N) is 1. The van der Waals surface area contributed by atoms with Crippen molar-refractivity contribution in [1.82, 2.24) is 4.90 Å². The van der Waals surface area contributed by atoms with Crippen LogP contribution in [0.5, 0.6) is 0 Å². The van der Waals surface area contributed by atoms with Gasteiger partial charge in [0.25, 0.3) is 0 Å². The zero-order valence-electron chi connectivity index (χ0n) is 10.7. The molecular weight excluding hydrogens is 214 g/mol. The molecule has 3 aliphatic rings. The Morgan fingerprint density at radius 1 is 1.00 bits per heavy atom. The number of aliphatic hydroxyl groups excluding tert-OH is 1. The first kappa shape index (κ1) is 11.9. The van der Waals surface area contributed by atoms with Crippen molar-refractivity contribution in [2.24, 2.45) is 5.92 Å². The zero-order chi connectivity index (χ0) is 11.7. The molecule has 0 radical (unpaired) electrons. The summed E-state index contributed by atoms with van der Waals surface area (Å²) in [4.78, 5) is 2.68. The predicted octanol–water partition coefficient (Wildman–Crippen LogP) is 1.79. The Labute approximate surface area is 104 Å². The highest BCUT2D eigenvalue weighted by Gasteiger charge is 2.40. The number of rotatable bonds is 2. The van der Waals surface area contributed by atoms with Gasteiger partial charge in [0.2, 0.25) is 0 Å². The third kappa shape index (κ3) is 2.38. The lowest BCUT2D eigenvalue weighted by molar-refractivity contribution is 0.00863. The third-order valence-corrected chi connectivity index (χ3v) is 4.99. The first-order valence-electron chi connectivity index (χ1n) is 7.38. The van der Waals surface area contributed by atoms with E-state index >= 15 is 0 Å². The summed E-state index contributed by atoms with van der Waals surface area (Å²) in [6.07, 6.45) is 8.59. The summed E-state index contributed by atoms with van der Waals surface area (Å²) >= 11 is 0. The number of likely N-dealkylation sites (tertiary alicyclic amines) is 1. The highest BCUT2D eigenvalue weighted by atomic mass is 16.5. The van der Waals surface area contributed by atoms with Crippen LogP contribution in [-0.2, 0) is 4.74 Å². The molecule has 4 unspecified atom stereocenters. The van der Waals surface area contributed by atoms with Crippen LogP contribution in [0.1, 0.15) is 44.9 Å². The van der Waals surface area contributed by atoms with Gasteiger partial charge in [0.15, 0.2) is 0 Å². The summed E-state index contributed by atoms with van der Waals surface area (Å²) in [5.74, 6) is 0.538. The Morgan fingerprint density at radius 3 is 2.65 bits per heavy atom. The minimum Gasteiger partial charge on any atom is -0.393 e. The maximum Gasteiger partial charge on any atom is 0.0622 e. The quantitative estimate of drug-likeness (QED) is 0.797. The van der Waals surface area contributed by atoms with Crippen LogP contribution in [0.25, 0.3) is 0 Å². The van der Waals surface area contributed by atoms with E-state index in [0.717, 1.165) is 19.6 Å². The fraction of sp³-hybridized carbons (Fsp3) is 1.00. The van der Waals surface area contributed by atoms with Crippen molar-refractivity contribution in [2.45, 2.75) is 63.1 Å². The molecular formula is C14H25NO2. The number of hydrogen-bond donors (Lipinski definition) is 1. The topological polar surface area (TPSA) is 32.7 Å². The molecule has 2 heterocycles. The Hall–Kier alpha value is -0.120. The van der Waals surface area contributed by atoms with Gasteiger partial charge in [-0.15, -0.1) is 0 Å². The van der Waals surface area contributed by atoms with Crippen molar-refractivity contribution in [3.8, 4) is 0 Å². The molecule has 17 heavy (non-hydrogen) atoms. The van der Waals surface area contributed by atoms with E-state index in [0.29, 0.717) is 18.0 Å². The van der Waals surface area contributed by atoms with Gasteiger partial charge in [-0.25, -0.2) is 0 Å². The fourth-order valence-corrected chi connectivity index (χ4v) is 4.09. The molecule has 3 heteroatoms. The van der Waals surface area contributed by atoms with Crippen molar-refractivity contribution in [3.05, 3.63) is 0 Å². The molecule has 0 spiro atoms. The summed E-state index contributed by atoms with van der Waals surface area (Å²) in [6, 6.07) is 1.26. The summed E-state index contributed by atoms with van der Waals surface area (Å²) in [7, 11) is 0. The van der Waals surface area contributed by atoms with Gasteiger partial charge < -0.3 is 9.84 Å². The largest absolute Gasteiger partial charge is 0.393 e. The van der Waals surface area contributed by atoms with Gasteiger partial charge in [-0.05, 0) is 38.6 Å². The van der Waals surface area contributed by atoms with Gasteiger partial charge in [0, 0.05) is 24.6 Å². The van der Waals surface area contributed by atoms with E-state index < -0.39 is 0 Å². The molecule has 0 aromatic rings. The molecule has 0 aromatic carbocycles. The second kappa shape index (κ2) is 5.25. The number of piperidine rings is 1. The predicted molar refractivity (Wildman–Crippen MR) is 66.9 cm³/mol. The van der Waals surface area contributed by atoms with Gasteiger partial charge in [-0.3, -0.25) is 4.90 Å². The Balaban J connectivity index is 1.70. The minimum atomic E-state index is -0.0390. The standard InChI is InChI=1S/C14H25NO2/c16-14-6-3-4-12(14)13-5-1-2-8-15(13)11-7-9-17-10-11/h11-14,16H,1-10H2. The minimum absolute atomic E-state index is 0.0390. The van der Waals surface area contributed by atoms with Gasteiger partial charge in [-0.2, -0.15) is 0 Å². The van der Waals surface area contributed by atoms with E-state index in [-0.39, 0.29) is 6.10 Å². The summed E-state index contributed by atoms with van der Waals surface area (Å²) in [6.45, 7) is 3.07. The van der Waals surface area contributed by atoms with Crippen molar-refractivity contribution < 1.29 is 9.84 Å². The molecule has 0 aromatic heterocycles. The van der Waals surface area contributed by atoms with Crippen LogP contribution in [0.15, 0.2) is 0 Å². The zero-order valence-corrected chi connectivity index (χ0v) is 10.7. The highest BCUT2D eigenvalue weighted by molar-refractivity contribution is 4.93. The van der Waals surface area contributed by atoms with E-state index in [2.05, 4.69) is 4.90 Å². The van der Waals surface area contributed by atoms with Gasteiger partial charge in [0.05, 0.1) is 12.7 Å². The number of ether oxygens (including phenoxy) is 1. The maximum absolute atomic E-state index is 10.1. The Bertz CT molecular complexity index is 253.